The first-order valence-electron chi connectivity index (χ1n) is 7.62. The molecule has 1 aromatic carbocycles. The van der Waals surface area contributed by atoms with E-state index in [0.717, 1.165) is 0 Å². The van der Waals surface area contributed by atoms with Crippen LogP contribution in [-0.4, -0.2) is 48.4 Å². The molecule has 0 radical (unpaired) electrons. The number of halogens is 2. The van der Waals surface area contributed by atoms with E-state index in [-0.39, 0.29) is 24.4 Å². The van der Waals surface area contributed by atoms with E-state index in [1.54, 1.807) is 12.1 Å². The van der Waals surface area contributed by atoms with Gasteiger partial charge in [-0.3, -0.25) is 14.4 Å². The number of ether oxygens (including phenoxy) is 1. The van der Waals surface area contributed by atoms with Crippen molar-refractivity contribution in [2.24, 2.45) is 0 Å². The van der Waals surface area contributed by atoms with E-state index < -0.39 is 18.5 Å². The molecule has 1 aromatic rings. The van der Waals surface area contributed by atoms with Crippen LogP contribution < -0.4 is 5.32 Å². The highest BCUT2D eigenvalue weighted by molar-refractivity contribution is 6.35. The summed E-state index contributed by atoms with van der Waals surface area (Å²) in [5.74, 6) is -1.35. The molecule has 6 nitrogen and oxygen atoms in total. The monoisotopic (exact) mass is 388 g/mol. The van der Waals surface area contributed by atoms with Gasteiger partial charge in [0.1, 0.15) is 0 Å². The zero-order valence-corrected chi connectivity index (χ0v) is 16.2. The third-order valence-corrected chi connectivity index (χ3v) is 3.61. The number of amides is 2. The highest BCUT2D eigenvalue weighted by atomic mass is 35.5. The molecule has 0 aromatic heterocycles. The molecule has 25 heavy (non-hydrogen) atoms. The summed E-state index contributed by atoms with van der Waals surface area (Å²) in [6.45, 7) is 4.98. The molecule has 0 aliphatic rings. The van der Waals surface area contributed by atoms with Crippen molar-refractivity contribution in [3.8, 4) is 0 Å². The van der Waals surface area contributed by atoms with Gasteiger partial charge in [-0.2, -0.15) is 0 Å². The lowest BCUT2D eigenvalue weighted by molar-refractivity contribution is -0.151. The number of nitrogens with one attached hydrogen (secondary N) is 1. The molecule has 0 aliphatic carbocycles. The molecule has 138 valence electrons. The fourth-order valence-corrected chi connectivity index (χ4v) is 2.36. The van der Waals surface area contributed by atoms with Crippen LogP contribution in [0, 0.1) is 0 Å². The molecule has 0 bridgehead atoms. The number of esters is 1. The quantitative estimate of drug-likeness (QED) is 0.759. The maximum Gasteiger partial charge on any atom is 0.310 e. The van der Waals surface area contributed by atoms with Crippen molar-refractivity contribution in [2.45, 2.75) is 32.7 Å². The summed E-state index contributed by atoms with van der Waals surface area (Å²) >= 11 is 11.8. The molecule has 2 amide bonds. The Morgan fingerprint density at radius 1 is 1.20 bits per heavy atom. The second kappa shape index (κ2) is 9.06. The molecular formula is C17H22Cl2N2O4. The summed E-state index contributed by atoms with van der Waals surface area (Å²) in [4.78, 5) is 36.7. The van der Waals surface area contributed by atoms with E-state index in [0.29, 0.717) is 15.6 Å². The maximum atomic E-state index is 11.9. The lowest BCUT2D eigenvalue weighted by atomic mass is 10.1. The minimum absolute atomic E-state index is 0.0719. The lowest BCUT2D eigenvalue weighted by Crippen LogP contribution is -2.46. The Morgan fingerprint density at radius 3 is 2.40 bits per heavy atom. The molecule has 0 heterocycles. The van der Waals surface area contributed by atoms with Crippen LogP contribution in [0.4, 0.5) is 0 Å². The van der Waals surface area contributed by atoms with Gasteiger partial charge in [-0.05, 0) is 38.5 Å². The first kappa shape index (κ1) is 21.3. The second-order valence-corrected chi connectivity index (χ2v) is 7.46. The van der Waals surface area contributed by atoms with Crippen molar-refractivity contribution in [3.05, 3.63) is 33.8 Å². The van der Waals surface area contributed by atoms with E-state index in [2.05, 4.69) is 5.32 Å². The fraction of sp³-hybridized carbons (Fsp3) is 0.471. The Kier molecular flexibility index (Phi) is 7.70. The number of likely N-dealkylation sites (N-methyl/N-ethyl adjacent to an activating group) is 1. The van der Waals surface area contributed by atoms with Crippen molar-refractivity contribution in [1.29, 1.82) is 0 Å². The zero-order chi connectivity index (χ0) is 19.2. The van der Waals surface area contributed by atoms with Crippen molar-refractivity contribution < 1.29 is 19.1 Å². The van der Waals surface area contributed by atoms with Crippen molar-refractivity contribution in [3.63, 3.8) is 0 Å². The van der Waals surface area contributed by atoms with Gasteiger partial charge in [0.2, 0.25) is 5.91 Å². The van der Waals surface area contributed by atoms with Crippen molar-refractivity contribution in [1.82, 2.24) is 10.2 Å². The zero-order valence-electron chi connectivity index (χ0n) is 14.7. The Hall–Kier alpha value is -1.79. The Labute approximate surface area is 157 Å². The SMILES string of the molecule is CN(CC(=O)NC(C)(C)C)C(=O)COC(=O)Cc1ccc(Cl)cc1Cl. The smallest absolute Gasteiger partial charge is 0.310 e. The summed E-state index contributed by atoms with van der Waals surface area (Å²) < 4.78 is 4.94. The van der Waals surface area contributed by atoms with Crippen LogP contribution >= 0.6 is 23.2 Å². The molecule has 0 fully saturated rings. The predicted octanol–water partition coefficient (Wildman–Crippen LogP) is 2.45. The second-order valence-electron chi connectivity index (χ2n) is 6.62. The van der Waals surface area contributed by atoms with E-state index in [1.807, 2.05) is 20.8 Å². The number of carbonyl (C=O) groups excluding carboxylic acids is 3. The van der Waals surface area contributed by atoms with Gasteiger partial charge in [0.05, 0.1) is 13.0 Å². The average molecular weight is 389 g/mol. The van der Waals surface area contributed by atoms with Gasteiger partial charge in [-0.25, -0.2) is 0 Å². The minimum atomic E-state index is -0.592. The molecule has 0 spiro atoms. The Bertz CT molecular complexity index is 657. The van der Waals surface area contributed by atoms with Crippen molar-refractivity contribution in [2.75, 3.05) is 20.2 Å². The summed E-state index contributed by atoms with van der Waals surface area (Å²) in [6.07, 6.45) is -0.0719. The molecule has 0 aliphatic heterocycles. The fourth-order valence-electron chi connectivity index (χ4n) is 1.89. The van der Waals surface area contributed by atoms with Gasteiger partial charge in [0.15, 0.2) is 6.61 Å². The van der Waals surface area contributed by atoms with Gasteiger partial charge in [0.25, 0.3) is 5.91 Å². The lowest BCUT2D eigenvalue weighted by Gasteiger charge is -2.23. The molecule has 0 unspecified atom stereocenters. The van der Waals surface area contributed by atoms with Gasteiger partial charge in [0, 0.05) is 22.6 Å². The highest BCUT2D eigenvalue weighted by Crippen LogP contribution is 2.21. The Balaban J connectivity index is 2.44. The van der Waals surface area contributed by atoms with Gasteiger partial charge in [-0.15, -0.1) is 0 Å². The maximum absolute atomic E-state index is 11.9. The molecule has 8 heteroatoms. The first-order valence-corrected chi connectivity index (χ1v) is 8.38. The molecule has 0 saturated heterocycles. The van der Waals surface area contributed by atoms with Crippen LogP contribution in [-0.2, 0) is 25.5 Å². The third kappa shape index (κ3) is 8.23. The highest BCUT2D eigenvalue weighted by Gasteiger charge is 2.19. The topological polar surface area (TPSA) is 75.7 Å². The molecular weight excluding hydrogens is 367 g/mol. The third-order valence-electron chi connectivity index (χ3n) is 3.03. The summed E-state index contributed by atoms with van der Waals surface area (Å²) in [5, 5.41) is 3.57. The van der Waals surface area contributed by atoms with Gasteiger partial charge < -0.3 is 15.0 Å². The minimum Gasteiger partial charge on any atom is -0.455 e. The molecule has 0 atom stereocenters. The number of hydrogen-bond donors (Lipinski definition) is 1. The van der Waals surface area contributed by atoms with Crippen LogP contribution in [0.25, 0.3) is 0 Å². The van der Waals surface area contributed by atoms with E-state index in [1.165, 1.54) is 18.0 Å². The van der Waals surface area contributed by atoms with E-state index >= 15 is 0 Å². The number of hydrogen-bond acceptors (Lipinski definition) is 4. The van der Waals surface area contributed by atoms with Crippen LogP contribution in [0.15, 0.2) is 18.2 Å². The van der Waals surface area contributed by atoms with E-state index in [9.17, 15) is 14.4 Å². The molecule has 1 rings (SSSR count). The number of nitrogens with zero attached hydrogens (tertiary/aromatic N) is 1. The number of carbonyl (C=O) groups is 3. The largest absolute Gasteiger partial charge is 0.455 e. The summed E-state index contributed by atoms with van der Waals surface area (Å²) in [5.41, 5.74) is 0.173. The van der Waals surface area contributed by atoms with Crippen LogP contribution in [0.5, 0.6) is 0 Å². The van der Waals surface area contributed by atoms with Gasteiger partial charge in [-0.1, -0.05) is 29.3 Å². The average Bonchev–Trinajstić information content (AvgIpc) is 2.45. The van der Waals surface area contributed by atoms with Crippen LogP contribution in [0.2, 0.25) is 10.0 Å². The van der Waals surface area contributed by atoms with Crippen LogP contribution in [0.3, 0.4) is 0 Å². The normalized spacial score (nSPS) is 11.0. The van der Waals surface area contributed by atoms with E-state index in [4.69, 9.17) is 27.9 Å². The summed E-state index contributed by atoms with van der Waals surface area (Å²) in [6, 6.07) is 4.76. The summed E-state index contributed by atoms with van der Waals surface area (Å²) in [7, 11) is 1.47. The van der Waals surface area contributed by atoms with Gasteiger partial charge >= 0.3 is 5.97 Å². The standard InChI is InChI=1S/C17H22Cl2N2O4/c1-17(2,3)20-14(22)9-21(4)15(23)10-25-16(24)7-11-5-6-12(18)8-13(11)19/h5-6,8H,7,9-10H2,1-4H3,(H,20,22). The first-order chi connectivity index (χ1) is 11.5. The molecule has 1 N–H and O–H groups in total. The number of rotatable bonds is 6. The Morgan fingerprint density at radius 2 is 1.84 bits per heavy atom. The number of benzene rings is 1. The van der Waals surface area contributed by atoms with Crippen molar-refractivity contribution >= 4 is 41.0 Å². The predicted molar refractivity (Wildman–Crippen MR) is 96.7 cm³/mol. The molecule has 0 saturated carbocycles. The van der Waals surface area contributed by atoms with Crippen LogP contribution in [0.1, 0.15) is 26.3 Å².